The van der Waals surface area contributed by atoms with Crippen LogP contribution in [0.25, 0.3) is 0 Å². The van der Waals surface area contributed by atoms with Crippen LogP contribution in [0.15, 0.2) is 60.8 Å². The molecule has 0 bridgehead atoms. The summed E-state index contributed by atoms with van der Waals surface area (Å²) in [6.07, 6.45) is 1.55. The Morgan fingerprint density at radius 1 is 1.04 bits per heavy atom. The molecular formula is C19H15Cl2N3O2. The zero-order valence-corrected chi connectivity index (χ0v) is 15.3. The zero-order chi connectivity index (χ0) is 18.5. The second-order valence-electron chi connectivity index (χ2n) is 5.36. The zero-order valence-electron chi connectivity index (χ0n) is 13.8. The molecule has 3 aromatic rings. The van der Waals surface area contributed by atoms with Crippen LogP contribution in [0.3, 0.4) is 0 Å². The SMILES string of the molecule is COc1ccc(Cl)cc1Nc1cc(C(=O)Nc2cccc(Cl)c2)ccn1. The average Bonchev–Trinajstić information content (AvgIpc) is 2.62. The first kappa shape index (κ1) is 18.0. The number of methoxy groups -OCH3 is 1. The highest BCUT2D eigenvalue weighted by Crippen LogP contribution is 2.30. The van der Waals surface area contributed by atoms with Gasteiger partial charge >= 0.3 is 0 Å². The Morgan fingerprint density at radius 2 is 1.85 bits per heavy atom. The second kappa shape index (κ2) is 8.08. The molecule has 1 amide bonds. The predicted molar refractivity (Wildman–Crippen MR) is 105 cm³/mol. The van der Waals surface area contributed by atoms with E-state index in [0.717, 1.165) is 0 Å². The Labute approximate surface area is 160 Å². The van der Waals surface area contributed by atoms with Crippen LogP contribution in [0.4, 0.5) is 17.2 Å². The van der Waals surface area contributed by atoms with Crippen LogP contribution in [-0.2, 0) is 0 Å². The van der Waals surface area contributed by atoms with Gasteiger partial charge in [0.1, 0.15) is 11.6 Å². The molecule has 0 aliphatic carbocycles. The summed E-state index contributed by atoms with van der Waals surface area (Å²) in [5.41, 5.74) is 1.72. The minimum atomic E-state index is -0.268. The van der Waals surface area contributed by atoms with Crippen molar-refractivity contribution in [1.82, 2.24) is 4.98 Å². The number of pyridine rings is 1. The van der Waals surface area contributed by atoms with E-state index in [2.05, 4.69) is 15.6 Å². The summed E-state index contributed by atoms with van der Waals surface area (Å²) < 4.78 is 5.30. The number of amides is 1. The number of carbonyl (C=O) groups excluding carboxylic acids is 1. The lowest BCUT2D eigenvalue weighted by Crippen LogP contribution is -2.12. The van der Waals surface area contributed by atoms with Gasteiger partial charge in [0.15, 0.2) is 0 Å². The van der Waals surface area contributed by atoms with Crippen LogP contribution in [0.5, 0.6) is 5.75 Å². The van der Waals surface area contributed by atoms with Crippen molar-refractivity contribution in [3.05, 3.63) is 76.4 Å². The minimum absolute atomic E-state index is 0.268. The molecule has 0 aliphatic heterocycles. The molecular weight excluding hydrogens is 373 g/mol. The normalized spacial score (nSPS) is 10.3. The summed E-state index contributed by atoms with van der Waals surface area (Å²) >= 11 is 12.0. The number of hydrogen-bond donors (Lipinski definition) is 2. The number of benzene rings is 2. The standard InChI is InChI=1S/C19H15Cl2N3O2/c1-26-17-6-5-14(21)11-16(17)24-18-9-12(7-8-22-18)19(25)23-15-4-2-3-13(20)10-15/h2-11H,1H3,(H,22,24)(H,23,25). The third kappa shape index (κ3) is 4.45. The van der Waals surface area contributed by atoms with Crippen LogP contribution < -0.4 is 15.4 Å². The van der Waals surface area contributed by atoms with Crippen molar-refractivity contribution >= 4 is 46.3 Å². The fourth-order valence-electron chi connectivity index (χ4n) is 2.33. The monoisotopic (exact) mass is 387 g/mol. The maximum atomic E-state index is 12.5. The third-order valence-corrected chi connectivity index (χ3v) is 4.00. The van der Waals surface area contributed by atoms with E-state index in [1.807, 2.05) is 0 Å². The van der Waals surface area contributed by atoms with Gasteiger partial charge in [-0.2, -0.15) is 0 Å². The van der Waals surface area contributed by atoms with Gasteiger partial charge in [0.25, 0.3) is 5.91 Å². The third-order valence-electron chi connectivity index (χ3n) is 3.53. The Morgan fingerprint density at radius 3 is 2.62 bits per heavy atom. The Hall–Kier alpha value is -2.76. The number of halogens is 2. The van der Waals surface area contributed by atoms with E-state index < -0.39 is 0 Å². The number of carbonyl (C=O) groups is 1. The molecule has 26 heavy (non-hydrogen) atoms. The first-order valence-electron chi connectivity index (χ1n) is 7.69. The van der Waals surface area contributed by atoms with Crippen LogP contribution in [0, 0.1) is 0 Å². The summed E-state index contributed by atoms with van der Waals surface area (Å²) in [5.74, 6) is 0.838. The molecule has 0 aliphatic rings. The van der Waals surface area contributed by atoms with Gasteiger partial charge in [-0.3, -0.25) is 4.79 Å². The van der Waals surface area contributed by atoms with E-state index in [4.69, 9.17) is 27.9 Å². The van der Waals surface area contributed by atoms with Gasteiger partial charge in [-0.15, -0.1) is 0 Å². The molecule has 5 nitrogen and oxygen atoms in total. The molecule has 7 heteroatoms. The summed E-state index contributed by atoms with van der Waals surface area (Å²) in [6.45, 7) is 0. The molecule has 2 N–H and O–H groups in total. The highest BCUT2D eigenvalue weighted by molar-refractivity contribution is 6.31. The number of aromatic nitrogens is 1. The largest absolute Gasteiger partial charge is 0.495 e. The molecule has 3 rings (SSSR count). The molecule has 1 aromatic heterocycles. The maximum absolute atomic E-state index is 12.5. The number of ether oxygens (including phenoxy) is 1. The van der Waals surface area contributed by atoms with Crippen molar-refractivity contribution in [2.75, 3.05) is 17.7 Å². The van der Waals surface area contributed by atoms with Crippen molar-refractivity contribution in [2.45, 2.75) is 0 Å². The molecule has 0 saturated carbocycles. The van der Waals surface area contributed by atoms with Gasteiger partial charge in [-0.05, 0) is 48.5 Å². The minimum Gasteiger partial charge on any atom is -0.495 e. The fraction of sp³-hybridized carbons (Fsp3) is 0.0526. The lowest BCUT2D eigenvalue weighted by molar-refractivity contribution is 0.102. The topological polar surface area (TPSA) is 63.2 Å². The Balaban J connectivity index is 1.80. The number of rotatable bonds is 5. The molecule has 0 fully saturated rings. The highest BCUT2D eigenvalue weighted by Gasteiger charge is 2.10. The predicted octanol–water partition coefficient (Wildman–Crippen LogP) is 5.39. The quantitative estimate of drug-likeness (QED) is 0.615. The van der Waals surface area contributed by atoms with E-state index >= 15 is 0 Å². The number of hydrogen-bond acceptors (Lipinski definition) is 4. The smallest absolute Gasteiger partial charge is 0.255 e. The summed E-state index contributed by atoms with van der Waals surface area (Å²) in [7, 11) is 1.57. The van der Waals surface area contributed by atoms with Gasteiger partial charge in [0.2, 0.25) is 0 Å². The summed E-state index contributed by atoms with van der Waals surface area (Å²) in [4.78, 5) is 16.7. The lowest BCUT2D eigenvalue weighted by atomic mass is 10.2. The van der Waals surface area contributed by atoms with Gasteiger partial charge in [0.05, 0.1) is 12.8 Å². The number of nitrogens with zero attached hydrogens (tertiary/aromatic N) is 1. The van der Waals surface area contributed by atoms with Crippen molar-refractivity contribution in [2.24, 2.45) is 0 Å². The van der Waals surface area contributed by atoms with Crippen LogP contribution in [0.1, 0.15) is 10.4 Å². The van der Waals surface area contributed by atoms with E-state index in [-0.39, 0.29) is 5.91 Å². The lowest BCUT2D eigenvalue weighted by Gasteiger charge is -2.12. The van der Waals surface area contributed by atoms with Crippen LogP contribution in [-0.4, -0.2) is 18.0 Å². The van der Waals surface area contributed by atoms with Crippen LogP contribution in [0.2, 0.25) is 10.0 Å². The average molecular weight is 388 g/mol. The molecule has 132 valence electrons. The van der Waals surface area contributed by atoms with Gasteiger partial charge in [-0.25, -0.2) is 4.98 Å². The molecule has 0 spiro atoms. The first-order chi connectivity index (χ1) is 12.5. The van der Waals surface area contributed by atoms with Crippen molar-refractivity contribution in [3.8, 4) is 5.75 Å². The van der Waals surface area contributed by atoms with Gasteiger partial charge in [-0.1, -0.05) is 29.3 Å². The molecule has 0 atom stereocenters. The van der Waals surface area contributed by atoms with Crippen LogP contribution >= 0.6 is 23.2 Å². The van der Waals surface area contributed by atoms with E-state index in [1.165, 1.54) is 0 Å². The molecule has 1 heterocycles. The van der Waals surface area contributed by atoms with E-state index in [1.54, 1.807) is 67.9 Å². The molecule has 0 radical (unpaired) electrons. The molecule has 2 aromatic carbocycles. The summed E-state index contributed by atoms with van der Waals surface area (Å²) in [6, 6.07) is 15.4. The second-order valence-corrected chi connectivity index (χ2v) is 6.24. The van der Waals surface area contributed by atoms with Crippen molar-refractivity contribution in [1.29, 1.82) is 0 Å². The Bertz CT molecular complexity index is 948. The molecule has 0 unspecified atom stereocenters. The van der Waals surface area contributed by atoms with Gasteiger partial charge in [0, 0.05) is 27.5 Å². The molecule has 0 saturated heterocycles. The first-order valence-corrected chi connectivity index (χ1v) is 8.44. The number of nitrogens with one attached hydrogen (secondary N) is 2. The summed E-state index contributed by atoms with van der Waals surface area (Å²) in [5, 5.41) is 7.02. The maximum Gasteiger partial charge on any atom is 0.255 e. The van der Waals surface area contributed by atoms with E-state index in [0.29, 0.717) is 38.6 Å². The van der Waals surface area contributed by atoms with Crippen molar-refractivity contribution in [3.63, 3.8) is 0 Å². The fourth-order valence-corrected chi connectivity index (χ4v) is 2.69. The number of anilines is 3. The van der Waals surface area contributed by atoms with Crippen molar-refractivity contribution < 1.29 is 9.53 Å². The van der Waals surface area contributed by atoms with E-state index in [9.17, 15) is 4.79 Å². The highest BCUT2D eigenvalue weighted by atomic mass is 35.5. The Kier molecular flexibility index (Phi) is 5.61. The van der Waals surface area contributed by atoms with Gasteiger partial charge < -0.3 is 15.4 Å².